The number of alkyl halides is 2. The van der Waals surface area contributed by atoms with E-state index in [2.05, 4.69) is 15.4 Å². The SMILES string of the molecule is NC1CCC(NC(=O)c2ccccc2Nc2ccc(OC(F)F)cc2)CC1. The Balaban J connectivity index is 1.67. The van der Waals surface area contributed by atoms with Gasteiger partial charge in [0.2, 0.25) is 0 Å². The maximum Gasteiger partial charge on any atom is 0.387 e. The maximum atomic E-state index is 12.7. The third kappa shape index (κ3) is 5.40. The van der Waals surface area contributed by atoms with E-state index < -0.39 is 6.61 Å². The second-order valence-electron chi connectivity index (χ2n) is 6.66. The Bertz CT molecular complexity index is 760. The number of carbonyl (C=O) groups is 1. The Kier molecular flexibility index (Phi) is 6.24. The molecule has 3 rings (SSSR count). The van der Waals surface area contributed by atoms with Gasteiger partial charge in [-0.1, -0.05) is 12.1 Å². The number of nitrogens with one attached hydrogen (secondary N) is 2. The van der Waals surface area contributed by atoms with Crippen LogP contribution in [0, 0.1) is 0 Å². The molecule has 144 valence electrons. The molecular weight excluding hydrogens is 352 g/mol. The zero-order chi connectivity index (χ0) is 19.2. The van der Waals surface area contributed by atoms with E-state index in [4.69, 9.17) is 5.73 Å². The summed E-state index contributed by atoms with van der Waals surface area (Å²) in [6, 6.07) is 13.7. The van der Waals surface area contributed by atoms with Crippen molar-refractivity contribution >= 4 is 17.3 Å². The average molecular weight is 375 g/mol. The van der Waals surface area contributed by atoms with Crippen molar-refractivity contribution in [3.63, 3.8) is 0 Å². The highest BCUT2D eigenvalue weighted by atomic mass is 19.3. The number of carbonyl (C=O) groups excluding carboxylic acids is 1. The smallest absolute Gasteiger partial charge is 0.387 e. The first-order valence-corrected chi connectivity index (χ1v) is 8.98. The van der Waals surface area contributed by atoms with Gasteiger partial charge in [-0.25, -0.2) is 0 Å². The highest BCUT2D eigenvalue weighted by Gasteiger charge is 2.21. The summed E-state index contributed by atoms with van der Waals surface area (Å²) < 4.78 is 28.8. The Morgan fingerprint density at radius 1 is 1.04 bits per heavy atom. The zero-order valence-corrected chi connectivity index (χ0v) is 14.8. The predicted octanol–water partition coefficient (Wildman–Crippen LogP) is 4.03. The highest BCUT2D eigenvalue weighted by molar-refractivity contribution is 6.00. The number of halogens is 2. The molecule has 0 bridgehead atoms. The number of hydrogen-bond acceptors (Lipinski definition) is 4. The summed E-state index contributed by atoms with van der Waals surface area (Å²) in [5.41, 5.74) is 7.75. The number of anilines is 2. The summed E-state index contributed by atoms with van der Waals surface area (Å²) in [6.07, 6.45) is 3.60. The van der Waals surface area contributed by atoms with E-state index in [1.54, 1.807) is 30.3 Å². The van der Waals surface area contributed by atoms with Gasteiger partial charge < -0.3 is 21.1 Å². The lowest BCUT2D eigenvalue weighted by atomic mass is 9.91. The van der Waals surface area contributed by atoms with Crippen molar-refractivity contribution in [2.75, 3.05) is 5.32 Å². The van der Waals surface area contributed by atoms with E-state index in [1.807, 2.05) is 6.07 Å². The molecule has 0 atom stereocenters. The lowest BCUT2D eigenvalue weighted by Crippen LogP contribution is -2.40. The second kappa shape index (κ2) is 8.81. The van der Waals surface area contributed by atoms with Crippen LogP contribution < -0.4 is 21.1 Å². The van der Waals surface area contributed by atoms with Gasteiger partial charge >= 0.3 is 6.61 Å². The van der Waals surface area contributed by atoms with Gasteiger partial charge in [0.1, 0.15) is 5.75 Å². The summed E-state index contributed by atoms with van der Waals surface area (Å²) in [7, 11) is 0. The average Bonchev–Trinajstić information content (AvgIpc) is 2.65. The van der Waals surface area contributed by atoms with Gasteiger partial charge in [-0.3, -0.25) is 4.79 Å². The molecule has 0 spiro atoms. The molecule has 1 fully saturated rings. The molecule has 0 aromatic heterocycles. The minimum absolute atomic E-state index is 0.0806. The van der Waals surface area contributed by atoms with E-state index >= 15 is 0 Å². The van der Waals surface area contributed by atoms with Crippen molar-refractivity contribution in [2.24, 2.45) is 5.73 Å². The number of nitrogens with two attached hydrogens (primary N) is 1. The number of ether oxygens (including phenoxy) is 1. The van der Waals surface area contributed by atoms with E-state index in [9.17, 15) is 13.6 Å². The van der Waals surface area contributed by atoms with E-state index in [-0.39, 0.29) is 23.7 Å². The first-order chi connectivity index (χ1) is 13.0. The quantitative estimate of drug-likeness (QED) is 0.712. The van der Waals surface area contributed by atoms with Crippen LogP contribution in [0.15, 0.2) is 48.5 Å². The van der Waals surface area contributed by atoms with Gasteiger partial charge in [0, 0.05) is 17.8 Å². The fourth-order valence-corrected chi connectivity index (χ4v) is 3.19. The molecule has 0 aliphatic heterocycles. The molecule has 1 aliphatic carbocycles. The molecule has 1 aliphatic rings. The Hall–Kier alpha value is -2.67. The second-order valence-corrected chi connectivity index (χ2v) is 6.66. The molecule has 0 heterocycles. The monoisotopic (exact) mass is 375 g/mol. The van der Waals surface area contributed by atoms with Crippen LogP contribution in [-0.2, 0) is 0 Å². The molecule has 7 heteroatoms. The van der Waals surface area contributed by atoms with Crippen molar-refractivity contribution in [1.29, 1.82) is 0 Å². The molecule has 0 unspecified atom stereocenters. The topological polar surface area (TPSA) is 76.4 Å². The Morgan fingerprint density at radius 2 is 1.70 bits per heavy atom. The molecule has 2 aromatic rings. The zero-order valence-electron chi connectivity index (χ0n) is 14.8. The predicted molar refractivity (Wildman–Crippen MR) is 100 cm³/mol. The van der Waals surface area contributed by atoms with Gasteiger partial charge in [-0.15, -0.1) is 0 Å². The number of benzene rings is 2. The third-order valence-electron chi connectivity index (χ3n) is 4.64. The molecule has 1 saturated carbocycles. The highest BCUT2D eigenvalue weighted by Crippen LogP contribution is 2.24. The first-order valence-electron chi connectivity index (χ1n) is 8.98. The Labute approximate surface area is 156 Å². The molecule has 1 amide bonds. The van der Waals surface area contributed by atoms with Gasteiger partial charge in [0.25, 0.3) is 5.91 Å². The number of amides is 1. The van der Waals surface area contributed by atoms with E-state index in [1.165, 1.54) is 12.1 Å². The largest absolute Gasteiger partial charge is 0.435 e. The Morgan fingerprint density at radius 3 is 2.37 bits per heavy atom. The van der Waals surface area contributed by atoms with Crippen LogP contribution in [-0.4, -0.2) is 24.6 Å². The summed E-state index contributed by atoms with van der Waals surface area (Å²) in [6.45, 7) is -2.86. The van der Waals surface area contributed by atoms with E-state index in [0.717, 1.165) is 25.7 Å². The van der Waals surface area contributed by atoms with Crippen LogP contribution in [0.5, 0.6) is 5.75 Å². The third-order valence-corrected chi connectivity index (χ3v) is 4.64. The van der Waals surface area contributed by atoms with Crippen LogP contribution in [0.4, 0.5) is 20.2 Å². The molecular formula is C20H23F2N3O2. The summed E-state index contributed by atoms with van der Waals surface area (Å²) in [4.78, 5) is 12.7. The fourth-order valence-electron chi connectivity index (χ4n) is 3.19. The van der Waals surface area contributed by atoms with Crippen molar-refractivity contribution in [3.05, 3.63) is 54.1 Å². The fraction of sp³-hybridized carbons (Fsp3) is 0.350. The van der Waals surface area contributed by atoms with Gasteiger partial charge in [0.15, 0.2) is 0 Å². The number of hydrogen-bond donors (Lipinski definition) is 3. The molecule has 5 nitrogen and oxygen atoms in total. The van der Waals surface area contributed by atoms with Crippen LogP contribution in [0.3, 0.4) is 0 Å². The molecule has 0 saturated heterocycles. The van der Waals surface area contributed by atoms with Crippen LogP contribution in [0.25, 0.3) is 0 Å². The van der Waals surface area contributed by atoms with Crippen LogP contribution >= 0.6 is 0 Å². The van der Waals surface area contributed by atoms with Gasteiger partial charge in [-0.2, -0.15) is 8.78 Å². The van der Waals surface area contributed by atoms with Crippen LogP contribution in [0.2, 0.25) is 0 Å². The lowest BCUT2D eigenvalue weighted by molar-refractivity contribution is -0.0498. The summed E-state index contributed by atoms with van der Waals surface area (Å²) in [5, 5.41) is 6.23. The summed E-state index contributed by atoms with van der Waals surface area (Å²) in [5.74, 6) is -0.0618. The van der Waals surface area contributed by atoms with Gasteiger partial charge in [0.05, 0.1) is 11.3 Å². The van der Waals surface area contributed by atoms with Crippen molar-refractivity contribution < 1.29 is 18.3 Å². The number of rotatable bonds is 6. The van der Waals surface area contributed by atoms with Gasteiger partial charge in [-0.05, 0) is 62.1 Å². The normalized spacial score (nSPS) is 19.6. The first kappa shape index (κ1) is 19.1. The number of para-hydroxylation sites is 1. The maximum absolute atomic E-state index is 12.7. The molecule has 0 radical (unpaired) electrons. The standard InChI is InChI=1S/C20H23F2N3O2/c21-20(22)27-16-11-9-14(10-12-16)24-18-4-2-1-3-17(18)19(26)25-15-7-5-13(23)6-8-15/h1-4,9-13,15,20,24H,5-8,23H2,(H,25,26). The minimum atomic E-state index is -2.86. The lowest BCUT2D eigenvalue weighted by Gasteiger charge is -2.27. The molecule has 4 N–H and O–H groups in total. The molecule has 2 aromatic carbocycles. The van der Waals surface area contributed by atoms with Crippen molar-refractivity contribution in [1.82, 2.24) is 5.32 Å². The van der Waals surface area contributed by atoms with E-state index in [0.29, 0.717) is 16.9 Å². The minimum Gasteiger partial charge on any atom is -0.435 e. The molecule has 27 heavy (non-hydrogen) atoms. The van der Waals surface area contributed by atoms with Crippen LogP contribution in [0.1, 0.15) is 36.0 Å². The van der Waals surface area contributed by atoms with Crippen molar-refractivity contribution in [3.8, 4) is 5.75 Å². The summed E-state index contributed by atoms with van der Waals surface area (Å²) >= 11 is 0. The van der Waals surface area contributed by atoms with Crippen molar-refractivity contribution in [2.45, 2.75) is 44.4 Å².